The van der Waals surface area contributed by atoms with Crippen LogP contribution in [0.15, 0.2) is 47.4 Å². The normalized spacial score (nSPS) is 15.5. The number of anilines is 1. The third kappa shape index (κ3) is 6.24. The van der Waals surface area contributed by atoms with Crippen LogP contribution in [0, 0.1) is 11.6 Å². The molecule has 0 bridgehead atoms. The van der Waals surface area contributed by atoms with Crippen molar-refractivity contribution < 1.29 is 26.7 Å². The first-order valence-electron chi connectivity index (χ1n) is 10.5. The molecule has 2 aromatic rings. The van der Waals surface area contributed by atoms with E-state index in [1.807, 2.05) is 6.92 Å². The van der Waals surface area contributed by atoms with Crippen molar-refractivity contribution in [1.82, 2.24) is 9.21 Å². The Morgan fingerprint density at radius 2 is 1.84 bits per heavy atom. The Bertz CT molecular complexity index is 1040. The number of rotatable bonds is 9. The molecular formula is C22H27F2N3O4S. The Morgan fingerprint density at radius 1 is 1.09 bits per heavy atom. The van der Waals surface area contributed by atoms with Crippen molar-refractivity contribution >= 4 is 21.6 Å². The van der Waals surface area contributed by atoms with Gasteiger partial charge in [-0.1, -0.05) is 13.0 Å². The van der Waals surface area contributed by atoms with E-state index in [2.05, 4.69) is 10.2 Å². The molecule has 0 aromatic heterocycles. The quantitative estimate of drug-likeness (QED) is 0.574. The maximum Gasteiger partial charge on any atom is 0.243 e. The number of piperazine rings is 1. The number of halogens is 2. The molecule has 7 nitrogen and oxygen atoms in total. The van der Waals surface area contributed by atoms with Gasteiger partial charge in [0.1, 0.15) is 5.82 Å². The van der Waals surface area contributed by atoms with Gasteiger partial charge in [0.2, 0.25) is 15.9 Å². The number of ether oxygens (including phenoxy) is 1. The summed E-state index contributed by atoms with van der Waals surface area (Å²) in [5.74, 6) is -1.89. The highest BCUT2D eigenvalue weighted by Crippen LogP contribution is 2.21. The predicted octanol–water partition coefficient (Wildman–Crippen LogP) is 3.09. The Kier molecular flexibility index (Phi) is 8.16. The van der Waals surface area contributed by atoms with Crippen molar-refractivity contribution in [2.24, 2.45) is 0 Å². The lowest BCUT2D eigenvalue weighted by atomic mass is 10.2. The molecule has 3 rings (SSSR count). The minimum absolute atomic E-state index is 0.0775. The highest BCUT2D eigenvalue weighted by molar-refractivity contribution is 7.89. The summed E-state index contributed by atoms with van der Waals surface area (Å²) in [4.78, 5) is 14.5. The van der Waals surface area contributed by atoms with Gasteiger partial charge < -0.3 is 15.0 Å². The molecule has 2 aromatic carbocycles. The molecule has 174 valence electrons. The summed E-state index contributed by atoms with van der Waals surface area (Å²) in [6.45, 7) is 5.26. The first-order chi connectivity index (χ1) is 15.3. The molecule has 1 heterocycles. The maximum absolute atomic E-state index is 13.5. The van der Waals surface area contributed by atoms with Crippen molar-refractivity contribution in [1.29, 1.82) is 0 Å². The number of likely N-dealkylation sites (N-methyl/N-ethyl adjacent to an activating group) is 1. The van der Waals surface area contributed by atoms with Gasteiger partial charge in [0, 0.05) is 44.4 Å². The molecule has 1 amide bonds. The molecule has 32 heavy (non-hydrogen) atoms. The van der Waals surface area contributed by atoms with Gasteiger partial charge in [-0.25, -0.2) is 17.2 Å². The summed E-state index contributed by atoms with van der Waals surface area (Å²) < 4.78 is 59.0. The molecular weight excluding hydrogens is 440 g/mol. The third-order valence-corrected chi connectivity index (χ3v) is 7.13. The summed E-state index contributed by atoms with van der Waals surface area (Å²) in [6.07, 6.45) is 0.404. The van der Waals surface area contributed by atoms with E-state index in [9.17, 15) is 22.0 Å². The van der Waals surface area contributed by atoms with Crippen LogP contribution < -0.4 is 10.1 Å². The van der Waals surface area contributed by atoms with Crippen LogP contribution in [-0.4, -0.2) is 62.9 Å². The van der Waals surface area contributed by atoms with E-state index in [4.69, 9.17) is 4.74 Å². The Labute approximate surface area is 187 Å². The van der Waals surface area contributed by atoms with E-state index in [0.29, 0.717) is 38.3 Å². The second-order valence-corrected chi connectivity index (χ2v) is 9.38. The number of hydrogen-bond acceptors (Lipinski definition) is 5. The van der Waals surface area contributed by atoms with E-state index < -0.39 is 21.7 Å². The molecule has 1 N–H and O–H groups in total. The summed E-state index contributed by atoms with van der Waals surface area (Å²) >= 11 is 0. The Balaban J connectivity index is 1.51. The number of nitrogens with zero attached hydrogens (tertiary/aromatic N) is 2. The van der Waals surface area contributed by atoms with Gasteiger partial charge >= 0.3 is 0 Å². The van der Waals surface area contributed by atoms with E-state index in [-0.39, 0.29) is 29.6 Å². The fourth-order valence-corrected chi connectivity index (χ4v) is 4.87. The molecule has 0 spiro atoms. The summed E-state index contributed by atoms with van der Waals surface area (Å²) in [7, 11) is -3.64. The SMILES string of the molecule is CCN1CCN(S(=O)(=O)c2cccc(NC(=O)CCCOc3ccc(F)cc3F)c2)CC1. The zero-order valence-corrected chi connectivity index (χ0v) is 18.7. The van der Waals surface area contributed by atoms with Crippen LogP contribution in [0.3, 0.4) is 0 Å². The summed E-state index contributed by atoms with van der Waals surface area (Å²) in [5, 5.41) is 2.68. The van der Waals surface area contributed by atoms with Crippen LogP contribution in [0.2, 0.25) is 0 Å². The van der Waals surface area contributed by atoms with Crippen LogP contribution in [0.4, 0.5) is 14.5 Å². The molecule has 1 aliphatic rings. The minimum atomic E-state index is -3.64. The number of amides is 1. The van der Waals surface area contributed by atoms with Gasteiger partial charge in [-0.15, -0.1) is 0 Å². The predicted molar refractivity (Wildman–Crippen MR) is 117 cm³/mol. The second-order valence-electron chi connectivity index (χ2n) is 7.44. The largest absolute Gasteiger partial charge is 0.491 e. The lowest BCUT2D eigenvalue weighted by molar-refractivity contribution is -0.116. The van der Waals surface area contributed by atoms with Crippen LogP contribution in [0.5, 0.6) is 5.75 Å². The standard InChI is InChI=1S/C22H27F2N3O4S/c1-2-26-10-12-27(13-11-26)32(29,30)19-6-3-5-18(16-19)25-22(28)7-4-14-31-21-9-8-17(23)15-20(21)24/h3,5-6,8-9,15-16H,2,4,7,10-14H2,1H3,(H,25,28). The molecule has 1 aliphatic heterocycles. The maximum atomic E-state index is 13.5. The molecule has 0 saturated carbocycles. The average molecular weight is 468 g/mol. The molecule has 0 radical (unpaired) electrons. The van der Waals surface area contributed by atoms with Gasteiger partial charge in [-0.2, -0.15) is 4.31 Å². The topological polar surface area (TPSA) is 79.0 Å². The Hall–Kier alpha value is -2.56. The van der Waals surface area contributed by atoms with E-state index >= 15 is 0 Å². The third-order valence-electron chi connectivity index (χ3n) is 5.23. The van der Waals surface area contributed by atoms with Crippen molar-refractivity contribution in [3.63, 3.8) is 0 Å². The lowest BCUT2D eigenvalue weighted by Crippen LogP contribution is -2.48. The first-order valence-corrected chi connectivity index (χ1v) is 11.9. The minimum Gasteiger partial charge on any atom is -0.491 e. The Morgan fingerprint density at radius 3 is 2.53 bits per heavy atom. The highest BCUT2D eigenvalue weighted by Gasteiger charge is 2.28. The lowest BCUT2D eigenvalue weighted by Gasteiger charge is -2.33. The fraction of sp³-hybridized carbons (Fsp3) is 0.409. The van der Waals surface area contributed by atoms with Gasteiger partial charge in [0.15, 0.2) is 11.6 Å². The fourth-order valence-electron chi connectivity index (χ4n) is 3.40. The second kappa shape index (κ2) is 10.8. The van der Waals surface area contributed by atoms with Crippen LogP contribution >= 0.6 is 0 Å². The molecule has 0 atom stereocenters. The molecule has 1 fully saturated rings. The molecule has 1 saturated heterocycles. The number of carbonyl (C=O) groups is 1. The number of benzene rings is 2. The van der Waals surface area contributed by atoms with Crippen molar-refractivity contribution in [2.75, 3.05) is 44.6 Å². The van der Waals surface area contributed by atoms with Crippen LogP contribution in [0.25, 0.3) is 0 Å². The van der Waals surface area contributed by atoms with E-state index in [1.54, 1.807) is 12.1 Å². The zero-order chi connectivity index (χ0) is 23.1. The molecule has 0 aliphatic carbocycles. The first kappa shape index (κ1) is 24.1. The van der Waals surface area contributed by atoms with Crippen molar-refractivity contribution in [3.8, 4) is 5.75 Å². The molecule has 0 unspecified atom stereocenters. The number of nitrogens with one attached hydrogen (secondary N) is 1. The van der Waals surface area contributed by atoms with Crippen LogP contribution in [0.1, 0.15) is 19.8 Å². The number of sulfonamides is 1. The van der Waals surface area contributed by atoms with E-state index in [1.165, 1.54) is 22.5 Å². The average Bonchev–Trinajstić information content (AvgIpc) is 2.78. The van der Waals surface area contributed by atoms with Gasteiger partial charge in [0.05, 0.1) is 11.5 Å². The van der Waals surface area contributed by atoms with Crippen molar-refractivity contribution in [3.05, 3.63) is 54.1 Å². The summed E-state index contributed by atoms with van der Waals surface area (Å²) in [6, 6.07) is 9.19. The van der Waals surface area contributed by atoms with E-state index in [0.717, 1.165) is 18.7 Å². The van der Waals surface area contributed by atoms with Crippen molar-refractivity contribution in [2.45, 2.75) is 24.7 Å². The smallest absolute Gasteiger partial charge is 0.243 e. The number of hydrogen-bond donors (Lipinski definition) is 1. The summed E-state index contributed by atoms with van der Waals surface area (Å²) in [5.41, 5.74) is 0.383. The highest BCUT2D eigenvalue weighted by atomic mass is 32.2. The number of carbonyl (C=O) groups excluding carboxylic acids is 1. The van der Waals surface area contributed by atoms with Gasteiger partial charge in [-0.3, -0.25) is 4.79 Å². The van der Waals surface area contributed by atoms with Crippen LogP contribution in [-0.2, 0) is 14.8 Å². The molecule has 10 heteroatoms. The zero-order valence-electron chi connectivity index (χ0n) is 17.9. The van der Waals surface area contributed by atoms with Gasteiger partial charge in [0.25, 0.3) is 0 Å². The van der Waals surface area contributed by atoms with Gasteiger partial charge in [-0.05, 0) is 43.3 Å². The monoisotopic (exact) mass is 467 g/mol.